The molecule has 78 valence electrons. The van der Waals surface area contributed by atoms with Crippen LogP contribution in [0.2, 0.25) is 0 Å². The molecular formula is C9H6BrNO3S. The second kappa shape index (κ2) is 4.16. The van der Waals surface area contributed by atoms with E-state index in [-0.39, 0.29) is 5.69 Å². The number of hydrogen-bond donors (Lipinski definition) is 0. The molecule has 2 heterocycles. The molecule has 2 aromatic rings. The Morgan fingerprint density at radius 2 is 2.40 bits per heavy atom. The standard InChI is InChI=1S/C9H6BrNO3S/c1-13-9(12)6-3-7(14-11-6)8-2-5(10)4-15-8/h2-4H,1H3. The van der Waals surface area contributed by atoms with Crippen LogP contribution < -0.4 is 0 Å². The van der Waals surface area contributed by atoms with E-state index in [1.807, 2.05) is 11.4 Å². The summed E-state index contributed by atoms with van der Waals surface area (Å²) in [6.07, 6.45) is 0. The van der Waals surface area contributed by atoms with Crippen molar-refractivity contribution in [1.82, 2.24) is 5.16 Å². The number of hydrogen-bond acceptors (Lipinski definition) is 5. The minimum atomic E-state index is -0.499. The first-order valence-electron chi connectivity index (χ1n) is 4.00. The lowest BCUT2D eigenvalue weighted by atomic mass is 10.3. The molecular weight excluding hydrogens is 282 g/mol. The summed E-state index contributed by atoms with van der Waals surface area (Å²) < 4.78 is 10.5. The summed E-state index contributed by atoms with van der Waals surface area (Å²) in [4.78, 5) is 12.0. The fourth-order valence-corrected chi connectivity index (χ4v) is 2.41. The minimum Gasteiger partial charge on any atom is -0.464 e. The van der Waals surface area contributed by atoms with Gasteiger partial charge in [0.05, 0.1) is 12.0 Å². The van der Waals surface area contributed by atoms with Crippen LogP contribution in [0.15, 0.2) is 26.5 Å². The van der Waals surface area contributed by atoms with E-state index in [1.54, 1.807) is 6.07 Å². The zero-order valence-electron chi connectivity index (χ0n) is 7.69. The molecule has 4 nitrogen and oxygen atoms in total. The van der Waals surface area contributed by atoms with Gasteiger partial charge in [-0.25, -0.2) is 4.79 Å². The molecule has 0 unspecified atom stereocenters. The molecule has 0 saturated heterocycles. The largest absolute Gasteiger partial charge is 0.464 e. The maximum absolute atomic E-state index is 11.1. The molecule has 0 aromatic carbocycles. The highest BCUT2D eigenvalue weighted by atomic mass is 79.9. The van der Waals surface area contributed by atoms with Crippen molar-refractivity contribution in [3.63, 3.8) is 0 Å². The first-order chi connectivity index (χ1) is 7.20. The Balaban J connectivity index is 2.31. The fraction of sp³-hybridized carbons (Fsp3) is 0.111. The summed E-state index contributed by atoms with van der Waals surface area (Å²) >= 11 is 4.84. The van der Waals surface area contributed by atoms with Crippen molar-refractivity contribution in [3.8, 4) is 10.6 Å². The van der Waals surface area contributed by atoms with E-state index in [1.165, 1.54) is 18.4 Å². The number of carbonyl (C=O) groups excluding carboxylic acids is 1. The monoisotopic (exact) mass is 287 g/mol. The smallest absolute Gasteiger partial charge is 0.360 e. The number of rotatable bonds is 2. The Morgan fingerprint density at radius 1 is 1.60 bits per heavy atom. The fourth-order valence-electron chi connectivity index (χ4n) is 1.03. The Kier molecular flexibility index (Phi) is 2.88. The van der Waals surface area contributed by atoms with E-state index in [0.717, 1.165) is 9.35 Å². The SMILES string of the molecule is COC(=O)c1cc(-c2cc(Br)cs2)on1. The van der Waals surface area contributed by atoms with Gasteiger partial charge in [0, 0.05) is 15.9 Å². The number of thiophene rings is 1. The molecule has 0 aliphatic heterocycles. The molecule has 0 spiro atoms. The predicted octanol–water partition coefficient (Wildman–Crippen LogP) is 2.95. The number of methoxy groups -OCH3 is 1. The van der Waals surface area contributed by atoms with E-state index in [9.17, 15) is 4.79 Å². The first kappa shape index (κ1) is 10.4. The quantitative estimate of drug-likeness (QED) is 0.797. The van der Waals surface area contributed by atoms with Crippen molar-refractivity contribution in [1.29, 1.82) is 0 Å². The molecule has 0 atom stereocenters. The third-order valence-corrected chi connectivity index (χ3v) is 3.42. The number of esters is 1. The Morgan fingerprint density at radius 3 is 3.00 bits per heavy atom. The van der Waals surface area contributed by atoms with Crippen LogP contribution in [-0.4, -0.2) is 18.2 Å². The number of ether oxygens (including phenoxy) is 1. The number of nitrogens with zero attached hydrogens (tertiary/aromatic N) is 1. The van der Waals surface area contributed by atoms with Gasteiger partial charge in [-0.05, 0) is 22.0 Å². The molecule has 0 radical (unpaired) electrons. The molecule has 0 saturated carbocycles. The third kappa shape index (κ3) is 2.10. The normalized spacial score (nSPS) is 10.3. The summed E-state index contributed by atoms with van der Waals surface area (Å²) in [5, 5.41) is 5.54. The van der Waals surface area contributed by atoms with Gasteiger partial charge in [0.15, 0.2) is 11.5 Å². The van der Waals surface area contributed by atoms with Gasteiger partial charge in [-0.3, -0.25) is 0 Å². The average molecular weight is 288 g/mol. The van der Waals surface area contributed by atoms with Crippen LogP contribution in [0, 0.1) is 0 Å². The molecule has 15 heavy (non-hydrogen) atoms. The Hall–Kier alpha value is -1.14. The summed E-state index contributed by atoms with van der Waals surface area (Å²) in [7, 11) is 1.30. The summed E-state index contributed by atoms with van der Waals surface area (Å²) in [6, 6.07) is 3.45. The highest BCUT2D eigenvalue weighted by Gasteiger charge is 2.14. The van der Waals surface area contributed by atoms with Crippen molar-refractivity contribution >= 4 is 33.2 Å². The van der Waals surface area contributed by atoms with E-state index in [0.29, 0.717) is 5.76 Å². The van der Waals surface area contributed by atoms with E-state index in [2.05, 4.69) is 25.8 Å². The lowest BCUT2D eigenvalue weighted by Gasteiger charge is -1.88. The topological polar surface area (TPSA) is 52.3 Å². The van der Waals surface area contributed by atoms with Crippen LogP contribution >= 0.6 is 27.3 Å². The lowest BCUT2D eigenvalue weighted by molar-refractivity contribution is 0.0589. The highest BCUT2D eigenvalue weighted by molar-refractivity contribution is 9.10. The molecule has 6 heteroatoms. The number of carbonyl (C=O) groups is 1. The average Bonchev–Trinajstić information content (AvgIpc) is 2.84. The lowest BCUT2D eigenvalue weighted by Crippen LogP contribution is -2.00. The van der Waals surface area contributed by atoms with E-state index in [4.69, 9.17) is 4.52 Å². The molecule has 0 fully saturated rings. The zero-order valence-corrected chi connectivity index (χ0v) is 10.1. The summed E-state index contributed by atoms with van der Waals surface area (Å²) in [5.41, 5.74) is 0.178. The predicted molar refractivity (Wildman–Crippen MR) is 58.9 cm³/mol. The van der Waals surface area contributed by atoms with Crippen molar-refractivity contribution in [3.05, 3.63) is 27.7 Å². The van der Waals surface area contributed by atoms with Crippen molar-refractivity contribution in [2.24, 2.45) is 0 Å². The molecule has 0 amide bonds. The van der Waals surface area contributed by atoms with Crippen LogP contribution in [0.1, 0.15) is 10.5 Å². The maximum atomic E-state index is 11.1. The van der Waals surface area contributed by atoms with Gasteiger partial charge in [-0.15, -0.1) is 11.3 Å². The van der Waals surface area contributed by atoms with Crippen LogP contribution in [0.25, 0.3) is 10.6 Å². The first-order valence-corrected chi connectivity index (χ1v) is 5.67. The molecule has 0 aliphatic carbocycles. The molecule has 0 aliphatic rings. The van der Waals surface area contributed by atoms with Crippen LogP contribution in [-0.2, 0) is 4.74 Å². The number of halogens is 1. The van der Waals surface area contributed by atoms with Crippen LogP contribution in [0.3, 0.4) is 0 Å². The Bertz CT molecular complexity index is 491. The van der Waals surface area contributed by atoms with Crippen molar-refractivity contribution < 1.29 is 14.1 Å². The van der Waals surface area contributed by atoms with Gasteiger partial charge >= 0.3 is 5.97 Å². The van der Waals surface area contributed by atoms with Crippen LogP contribution in [0.5, 0.6) is 0 Å². The van der Waals surface area contributed by atoms with Gasteiger partial charge in [0.25, 0.3) is 0 Å². The Labute approximate surface area is 98.0 Å². The molecule has 2 aromatic heterocycles. The third-order valence-electron chi connectivity index (χ3n) is 1.71. The van der Waals surface area contributed by atoms with Gasteiger partial charge < -0.3 is 9.26 Å². The highest BCUT2D eigenvalue weighted by Crippen LogP contribution is 2.30. The minimum absolute atomic E-state index is 0.178. The van der Waals surface area contributed by atoms with Gasteiger partial charge in [0.1, 0.15) is 0 Å². The van der Waals surface area contributed by atoms with Gasteiger partial charge in [0.2, 0.25) is 0 Å². The second-order valence-electron chi connectivity index (χ2n) is 2.70. The summed E-state index contributed by atoms with van der Waals surface area (Å²) in [5.74, 6) is 0.0618. The molecule has 0 bridgehead atoms. The van der Waals surface area contributed by atoms with Gasteiger partial charge in [-0.1, -0.05) is 5.16 Å². The number of aromatic nitrogens is 1. The van der Waals surface area contributed by atoms with Crippen molar-refractivity contribution in [2.45, 2.75) is 0 Å². The van der Waals surface area contributed by atoms with E-state index < -0.39 is 5.97 Å². The van der Waals surface area contributed by atoms with Crippen LogP contribution in [0.4, 0.5) is 0 Å². The molecule has 0 N–H and O–H groups in total. The van der Waals surface area contributed by atoms with Gasteiger partial charge in [-0.2, -0.15) is 0 Å². The van der Waals surface area contributed by atoms with Crippen molar-refractivity contribution in [2.75, 3.05) is 7.11 Å². The zero-order chi connectivity index (χ0) is 10.8. The molecule has 2 rings (SSSR count). The second-order valence-corrected chi connectivity index (χ2v) is 4.52. The maximum Gasteiger partial charge on any atom is 0.360 e. The van der Waals surface area contributed by atoms with E-state index >= 15 is 0 Å². The summed E-state index contributed by atoms with van der Waals surface area (Å²) in [6.45, 7) is 0.